The molecule has 0 aliphatic carbocycles. The Bertz CT molecular complexity index is 121. The number of hydrogen-bond acceptors (Lipinski definition) is 4. The van der Waals surface area contributed by atoms with Crippen LogP contribution >= 0.6 is 8.69 Å². The first-order chi connectivity index (χ1) is 5.72. The molecular formula is C7H16NO3P. The summed E-state index contributed by atoms with van der Waals surface area (Å²) in [6, 6.07) is 0. The third-order valence-corrected chi connectivity index (χ3v) is 1.62. The van der Waals surface area contributed by atoms with Gasteiger partial charge in [-0.3, -0.25) is 4.52 Å². The summed E-state index contributed by atoms with van der Waals surface area (Å²) >= 11 is 0. The average molecular weight is 193 g/mol. The van der Waals surface area contributed by atoms with Crippen molar-refractivity contribution in [2.75, 3.05) is 13.2 Å². The van der Waals surface area contributed by atoms with Crippen molar-refractivity contribution in [1.82, 2.24) is 0 Å². The Morgan fingerprint density at radius 2 is 2.17 bits per heavy atom. The highest BCUT2D eigenvalue weighted by molar-refractivity contribution is 7.17. The monoisotopic (exact) mass is 193 g/mol. The molecule has 4 nitrogen and oxygen atoms in total. The highest BCUT2D eigenvalue weighted by Crippen LogP contribution is 2.13. The minimum atomic E-state index is -0.393. The summed E-state index contributed by atoms with van der Waals surface area (Å²) in [4.78, 5) is 0. The second-order valence-electron chi connectivity index (χ2n) is 2.81. The van der Waals surface area contributed by atoms with Crippen molar-refractivity contribution in [2.24, 2.45) is 11.7 Å². The molecule has 5 heteroatoms. The zero-order chi connectivity index (χ0) is 9.40. The summed E-state index contributed by atoms with van der Waals surface area (Å²) in [5, 5.41) is 0. The zero-order valence-corrected chi connectivity index (χ0v) is 8.42. The van der Waals surface area contributed by atoms with Gasteiger partial charge in [-0.2, -0.15) is 0 Å². The molecule has 0 rings (SSSR count). The van der Waals surface area contributed by atoms with Gasteiger partial charge in [0.05, 0.1) is 6.61 Å². The van der Waals surface area contributed by atoms with Crippen LogP contribution in [-0.4, -0.2) is 19.4 Å². The minimum Gasteiger partial charge on any atom is -0.351 e. The smallest absolute Gasteiger partial charge is 0.329 e. The lowest BCUT2D eigenvalue weighted by Gasteiger charge is -2.17. The maximum absolute atomic E-state index is 10.1. The molecule has 0 aliphatic heterocycles. The fourth-order valence-electron chi connectivity index (χ4n) is 0.670. The summed E-state index contributed by atoms with van der Waals surface area (Å²) in [6.45, 7) is 5.03. The van der Waals surface area contributed by atoms with Crippen LogP contribution in [0.25, 0.3) is 0 Å². The standard InChI is InChI=1S/C7H16NO3P/c1-6(2)7(11-12-9)10-5-3-4-8/h6-7H,3-5,8H2,1-2H3. The first-order valence-corrected chi connectivity index (χ1v) is 4.75. The maximum Gasteiger partial charge on any atom is 0.329 e. The fraction of sp³-hybridized carbons (Fsp3) is 1.00. The van der Waals surface area contributed by atoms with E-state index in [9.17, 15) is 4.57 Å². The third kappa shape index (κ3) is 5.61. The summed E-state index contributed by atoms with van der Waals surface area (Å²) in [5.74, 6) is 0.198. The second kappa shape index (κ2) is 7.62. The van der Waals surface area contributed by atoms with Crippen molar-refractivity contribution < 1.29 is 13.8 Å². The molecule has 0 aromatic carbocycles. The van der Waals surface area contributed by atoms with Gasteiger partial charge in [-0.25, -0.2) is 4.57 Å². The van der Waals surface area contributed by atoms with Gasteiger partial charge in [0.15, 0.2) is 6.29 Å². The average Bonchev–Trinajstić information content (AvgIpc) is 2.03. The molecule has 0 heterocycles. The van der Waals surface area contributed by atoms with Crippen LogP contribution in [0.15, 0.2) is 0 Å². The molecular weight excluding hydrogens is 177 g/mol. The number of ether oxygens (including phenoxy) is 1. The Kier molecular flexibility index (Phi) is 7.61. The van der Waals surface area contributed by atoms with Gasteiger partial charge in [0.25, 0.3) is 0 Å². The van der Waals surface area contributed by atoms with E-state index in [-0.39, 0.29) is 14.6 Å². The van der Waals surface area contributed by atoms with Crippen LogP contribution in [0.1, 0.15) is 20.3 Å². The Morgan fingerprint density at radius 3 is 2.58 bits per heavy atom. The highest BCUT2D eigenvalue weighted by atomic mass is 31.1. The quantitative estimate of drug-likeness (QED) is 0.378. The molecule has 12 heavy (non-hydrogen) atoms. The molecule has 0 aromatic rings. The van der Waals surface area contributed by atoms with Crippen LogP contribution in [0.2, 0.25) is 0 Å². The van der Waals surface area contributed by atoms with Crippen LogP contribution in [-0.2, 0) is 13.8 Å². The normalized spacial score (nSPS) is 14.0. The van der Waals surface area contributed by atoms with Gasteiger partial charge in [-0.1, -0.05) is 13.8 Å². The van der Waals surface area contributed by atoms with Crippen LogP contribution in [0, 0.1) is 5.92 Å². The number of hydrogen-bond donors (Lipinski definition) is 1. The van der Waals surface area contributed by atoms with Gasteiger partial charge in [0.1, 0.15) is 0 Å². The molecule has 0 saturated heterocycles. The summed E-state index contributed by atoms with van der Waals surface area (Å²) in [6.07, 6.45) is 0.401. The third-order valence-electron chi connectivity index (χ3n) is 1.32. The molecule has 0 aliphatic rings. The maximum atomic E-state index is 10.1. The molecule has 0 bridgehead atoms. The largest absolute Gasteiger partial charge is 0.351 e. The van der Waals surface area contributed by atoms with Crippen molar-refractivity contribution in [2.45, 2.75) is 26.6 Å². The van der Waals surface area contributed by atoms with Gasteiger partial charge in [-0.05, 0) is 13.0 Å². The molecule has 0 fully saturated rings. The Labute approximate surface area is 74.7 Å². The topological polar surface area (TPSA) is 61.6 Å². The number of rotatable bonds is 7. The van der Waals surface area contributed by atoms with Crippen LogP contribution < -0.4 is 5.73 Å². The lowest BCUT2D eigenvalue weighted by molar-refractivity contribution is -0.101. The Hall–Kier alpha value is -0.0200. The molecule has 2 N–H and O–H groups in total. The molecule has 1 atom stereocenters. The fourth-order valence-corrected chi connectivity index (χ4v) is 1.06. The molecule has 72 valence electrons. The Balaban J connectivity index is 3.55. The molecule has 1 unspecified atom stereocenters. The minimum absolute atomic E-state index is 0.198. The summed E-state index contributed by atoms with van der Waals surface area (Å²) in [7, 11) is -0.337. The Morgan fingerprint density at radius 1 is 1.50 bits per heavy atom. The van der Waals surface area contributed by atoms with Gasteiger partial charge in [-0.15, -0.1) is 0 Å². The predicted molar refractivity (Wildman–Crippen MR) is 46.9 cm³/mol. The van der Waals surface area contributed by atoms with Crippen molar-refractivity contribution in [3.63, 3.8) is 0 Å². The van der Waals surface area contributed by atoms with E-state index in [1.54, 1.807) is 0 Å². The first kappa shape index (κ1) is 12.0. The van der Waals surface area contributed by atoms with Crippen molar-refractivity contribution in [3.8, 4) is 0 Å². The second-order valence-corrected chi connectivity index (χ2v) is 3.17. The van der Waals surface area contributed by atoms with E-state index >= 15 is 0 Å². The lowest BCUT2D eigenvalue weighted by Crippen LogP contribution is -2.21. The van der Waals surface area contributed by atoms with E-state index in [0.29, 0.717) is 13.2 Å². The molecule has 0 amide bonds. The van der Waals surface area contributed by atoms with E-state index < -0.39 is 6.29 Å². The number of nitrogens with two attached hydrogens (primary N) is 1. The van der Waals surface area contributed by atoms with Crippen molar-refractivity contribution >= 4 is 8.69 Å². The van der Waals surface area contributed by atoms with E-state index in [4.69, 9.17) is 15.0 Å². The van der Waals surface area contributed by atoms with Crippen LogP contribution in [0.3, 0.4) is 0 Å². The van der Waals surface area contributed by atoms with Gasteiger partial charge in [0.2, 0.25) is 0 Å². The predicted octanol–water partition coefficient (Wildman–Crippen LogP) is 1.56. The zero-order valence-electron chi connectivity index (χ0n) is 7.53. The van der Waals surface area contributed by atoms with Crippen LogP contribution in [0.4, 0.5) is 0 Å². The summed E-state index contributed by atoms with van der Waals surface area (Å²) in [5.41, 5.74) is 5.28. The first-order valence-electron chi connectivity index (χ1n) is 4.02. The summed E-state index contributed by atoms with van der Waals surface area (Å²) < 4.78 is 20.2. The lowest BCUT2D eigenvalue weighted by atomic mass is 10.2. The molecule has 0 aromatic heterocycles. The molecule has 0 saturated carbocycles. The van der Waals surface area contributed by atoms with Crippen molar-refractivity contribution in [1.29, 1.82) is 0 Å². The molecule has 0 spiro atoms. The van der Waals surface area contributed by atoms with Gasteiger partial charge >= 0.3 is 8.69 Å². The van der Waals surface area contributed by atoms with Gasteiger partial charge < -0.3 is 10.5 Å². The van der Waals surface area contributed by atoms with Crippen LogP contribution in [0.5, 0.6) is 0 Å². The van der Waals surface area contributed by atoms with E-state index in [1.165, 1.54) is 0 Å². The van der Waals surface area contributed by atoms with E-state index in [0.717, 1.165) is 6.42 Å². The highest BCUT2D eigenvalue weighted by Gasteiger charge is 2.13. The van der Waals surface area contributed by atoms with Crippen molar-refractivity contribution in [3.05, 3.63) is 0 Å². The van der Waals surface area contributed by atoms with E-state index in [2.05, 4.69) is 0 Å². The molecule has 0 radical (unpaired) electrons. The SMILES string of the molecule is CC(C)C(OCCCN)OP=O. The van der Waals surface area contributed by atoms with E-state index in [1.807, 2.05) is 13.8 Å². The van der Waals surface area contributed by atoms with Gasteiger partial charge in [0, 0.05) is 5.92 Å².